The van der Waals surface area contributed by atoms with Crippen molar-refractivity contribution in [3.05, 3.63) is 120 Å². The second kappa shape index (κ2) is 21.2. The molecule has 3 N–H and O–H groups in total. The average Bonchev–Trinajstić information content (AvgIpc) is 3.13. The van der Waals surface area contributed by atoms with Crippen LogP contribution in [-0.2, 0) is 43.4 Å². The maximum absolute atomic E-state index is 13.7. The Kier molecular flexibility index (Phi) is 16.0. The molecule has 1 aliphatic rings. The minimum absolute atomic E-state index is 0.00255. The van der Waals surface area contributed by atoms with Gasteiger partial charge in [-0.2, -0.15) is 0 Å². The molecule has 0 aliphatic carbocycles. The zero-order valence-electron chi connectivity index (χ0n) is 28.6. The Labute approximate surface area is 294 Å². The minimum Gasteiger partial charge on any atom is -0.463 e. The fourth-order valence-electron chi connectivity index (χ4n) is 5.82. The van der Waals surface area contributed by atoms with Gasteiger partial charge in [-0.1, -0.05) is 103 Å². The largest absolute Gasteiger partial charge is 0.463 e. The molecule has 3 aromatic carbocycles. The zero-order chi connectivity index (χ0) is 35.4. The summed E-state index contributed by atoms with van der Waals surface area (Å²) < 4.78 is 11.1. The predicted octanol–water partition coefficient (Wildman–Crippen LogP) is 5.35. The van der Waals surface area contributed by atoms with Crippen molar-refractivity contribution in [2.24, 2.45) is 11.8 Å². The van der Waals surface area contributed by atoms with Crippen LogP contribution in [0.3, 0.4) is 0 Å². The van der Waals surface area contributed by atoms with Crippen LogP contribution in [0.4, 0.5) is 4.79 Å². The lowest BCUT2D eigenvalue weighted by molar-refractivity contribution is -0.150. The Morgan fingerprint density at radius 1 is 0.840 bits per heavy atom. The fraction of sp³-hybridized carbons (Fsp3) is 0.400. The number of carbonyl (C=O) groups is 4. The molecule has 10 heteroatoms. The number of alkyl carbamates (subject to hydrolysis) is 1. The van der Waals surface area contributed by atoms with Gasteiger partial charge in [0.05, 0.1) is 24.5 Å². The quantitative estimate of drug-likeness (QED) is 0.112. The maximum Gasteiger partial charge on any atom is 0.407 e. The predicted molar refractivity (Wildman–Crippen MR) is 190 cm³/mol. The number of ether oxygens (including phenoxy) is 2. The zero-order valence-corrected chi connectivity index (χ0v) is 28.6. The molecule has 10 nitrogen and oxygen atoms in total. The molecule has 3 unspecified atom stereocenters. The number of nitrogens with zero attached hydrogens (tertiary/aromatic N) is 1. The van der Waals surface area contributed by atoms with Crippen molar-refractivity contribution in [3.8, 4) is 0 Å². The van der Waals surface area contributed by atoms with Crippen LogP contribution >= 0.6 is 0 Å². The smallest absolute Gasteiger partial charge is 0.407 e. The average molecular weight is 684 g/mol. The van der Waals surface area contributed by atoms with Crippen molar-refractivity contribution >= 4 is 23.9 Å². The van der Waals surface area contributed by atoms with Gasteiger partial charge in [0.15, 0.2) is 0 Å². The van der Waals surface area contributed by atoms with E-state index in [-0.39, 0.29) is 50.6 Å². The van der Waals surface area contributed by atoms with E-state index >= 15 is 0 Å². The summed E-state index contributed by atoms with van der Waals surface area (Å²) in [6, 6.07) is 28.3. The first-order valence-corrected chi connectivity index (χ1v) is 17.4. The van der Waals surface area contributed by atoms with Crippen LogP contribution in [-0.4, -0.2) is 66.2 Å². The van der Waals surface area contributed by atoms with Crippen molar-refractivity contribution < 1.29 is 33.8 Å². The number of allylic oxidation sites excluding steroid dienone is 2. The first-order chi connectivity index (χ1) is 24.4. The van der Waals surface area contributed by atoms with Gasteiger partial charge < -0.3 is 30.1 Å². The summed E-state index contributed by atoms with van der Waals surface area (Å²) in [5.74, 6) is -1.90. The number of esters is 1. The molecule has 0 saturated heterocycles. The van der Waals surface area contributed by atoms with E-state index in [9.17, 15) is 24.3 Å². The van der Waals surface area contributed by atoms with Gasteiger partial charge in [-0.05, 0) is 55.2 Å². The van der Waals surface area contributed by atoms with Crippen molar-refractivity contribution in [3.63, 3.8) is 0 Å². The van der Waals surface area contributed by atoms with Crippen molar-refractivity contribution in [1.29, 1.82) is 0 Å². The van der Waals surface area contributed by atoms with Crippen LogP contribution in [0, 0.1) is 11.8 Å². The van der Waals surface area contributed by atoms with E-state index in [0.29, 0.717) is 51.6 Å². The number of benzene rings is 3. The van der Waals surface area contributed by atoms with E-state index < -0.39 is 24.0 Å². The molecule has 0 fully saturated rings. The molecule has 266 valence electrons. The second-order valence-electron chi connectivity index (χ2n) is 12.6. The van der Waals surface area contributed by atoms with Crippen LogP contribution in [0.2, 0.25) is 0 Å². The Hall–Kier alpha value is -4.96. The lowest BCUT2D eigenvalue weighted by Gasteiger charge is -2.26. The van der Waals surface area contributed by atoms with E-state index in [2.05, 4.69) is 10.6 Å². The molecule has 0 aromatic heterocycles. The molecular formula is C40H49N3O7. The summed E-state index contributed by atoms with van der Waals surface area (Å²) in [4.78, 5) is 54.2. The summed E-state index contributed by atoms with van der Waals surface area (Å²) in [6.45, 7) is 0.865. The van der Waals surface area contributed by atoms with E-state index in [1.807, 2.05) is 103 Å². The van der Waals surface area contributed by atoms with Gasteiger partial charge in [0.1, 0.15) is 13.2 Å². The molecule has 1 aliphatic heterocycles. The standard InChI is InChI=1S/C40H49N3O7/c44-25-24-43(28-32-16-6-2-7-17-32)37(45)27-34-20-10-11-21-35(26-31-14-4-1-5-15-31)39(47)49-30-36(42-38(34)46)22-12-13-23-41-40(48)50-29-33-18-8-3-9-19-33/h1-11,14-19,34-36,44H,12-13,20-30H2,(H,41,48)(H,42,46). The number of carbonyl (C=O) groups excluding carboxylic acids is 4. The molecule has 3 aromatic rings. The molecule has 3 atom stereocenters. The fourth-order valence-corrected chi connectivity index (χ4v) is 5.82. The van der Waals surface area contributed by atoms with E-state index in [0.717, 1.165) is 16.7 Å². The van der Waals surface area contributed by atoms with E-state index in [4.69, 9.17) is 9.47 Å². The SMILES string of the molecule is O=C(NCCCCC1COC(=O)C(Cc2ccccc2)CC=CCC(CC(=O)N(CCO)Cc2ccccc2)C(=O)N1)OCc1ccccc1. The van der Waals surface area contributed by atoms with Crippen molar-refractivity contribution in [1.82, 2.24) is 15.5 Å². The number of hydrogen-bond donors (Lipinski definition) is 3. The molecule has 1 heterocycles. The first kappa shape index (κ1) is 37.9. The third-order valence-corrected chi connectivity index (χ3v) is 8.63. The molecule has 3 amide bonds. The molecular weight excluding hydrogens is 634 g/mol. The van der Waals surface area contributed by atoms with Gasteiger partial charge in [-0.3, -0.25) is 14.4 Å². The van der Waals surface area contributed by atoms with E-state index in [1.54, 1.807) is 4.90 Å². The minimum atomic E-state index is -0.651. The first-order valence-electron chi connectivity index (χ1n) is 17.4. The number of nitrogens with one attached hydrogen (secondary N) is 2. The third kappa shape index (κ3) is 13.5. The molecule has 4 rings (SSSR count). The highest BCUT2D eigenvalue weighted by Gasteiger charge is 2.28. The van der Waals surface area contributed by atoms with Gasteiger partial charge in [0.2, 0.25) is 11.8 Å². The Bertz CT molecular complexity index is 1500. The van der Waals surface area contributed by atoms with Gasteiger partial charge in [-0.15, -0.1) is 0 Å². The summed E-state index contributed by atoms with van der Waals surface area (Å²) in [7, 11) is 0. The Morgan fingerprint density at radius 2 is 1.46 bits per heavy atom. The second-order valence-corrected chi connectivity index (χ2v) is 12.6. The highest BCUT2D eigenvalue weighted by atomic mass is 16.5. The molecule has 50 heavy (non-hydrogen) atoms. The number of aliphatic hydroxyl groups excluding tert-OH is 1. The topological polar surface area (TPSA) is 134 Å². The number of amides is 3. The molecule has 0 saturated carbocycles. The summed E-state index contributed by atoms with van der Waals surface area (Å²) in [6.07, 6.45) is 6.28. The van der Waals surface area contributed by atoms with Gasteiger partial charge in [0, 0.05) is 26.1 Å². The molecule has 0 bridgehead atoms. The van der Waals surface area contributed by atoms with Gasteiger partial charge in [-0.25, -0.2) is 4.79 Å². The van der Waals surface area contributed by atoms with Crippen molar-refractivity contribution in [2.75, 3.05) is 26.3 Å². The van der Waals surface area contributed by atoms with E-state index in [1.165, 1.54) is 0 Å². The van der Waals surface area contributed by atoms with Crippen LogP contribution in [0.15, 0.2) is 103 Å². The lowest BCUT2D eigenvalue weighted by Crippen LogP contribution is -2.44. The van der Waals surface area contributed by atoms with Gasteiger partial charge >= 0.3 is 12.1 Å². The monoisotopic (exact) mass is 683 g/mol. The summed E-state index contributed by atoms with van der Waals surface area (Å²) >= 11 is 0. The van der Waals surface area contributed by atoms with Crippen LogP contribution in [0.5, 0.6) is 0 Å². The van der Waals surface area contributed by atoms with Crippen LogP contribution in [0.25, 0.3) is 0 Å². The summed E-state index contributed by atoms with van der Waals surface area (Å²) in [5, 5.41) is 15.5. The van der Waals surface area contributed by atoms with Crippen LogP contribution < -0.4 is 10.6 Å². The maximum atomic E-state index is 13.7. The number of cyclic esters (lactones) is 1. The van der Waals surface area contributed by atoms with Crippen molar-refractivity contribution in [2.45, 2.75) is 64.1 Å². The highest BCUT2D eigenvalue weighted by Crippen LogP contribution is 2.20. The Balaban J connectivity index is 1.39. The number of hydrogen-bond acceptors (Lipinski definition) is 7. The normalized spacial score (nSPS) is 18.1. The summed E-state index contributed by atoms with van der Waals surface area (Å²) in [5.41, 5.74) is 2.86. The third-order valence-electron chi connectivity index (χ3n) is 8.63. The lowest BCUT2D eigenvalue weighted by atomic mass is 9.94. The number of aliphatic hydroxyl groups is 1. The Morgan fingerprint density at radius 3 is 2.12 bits per heavy atom. The molecule has 0 radical (unpaired) electrons. The number of rotatable bonds is 15. The van der Waals surface area contributed by atoms with Crippen LogP contribution in [0.1, 0.15) is 55.2 Å². The molecule has 0 spiro atoms. The number of unbranched alkanes of at least 4 members (excludes halogenated alkanes) is 1. The van der Waals surface area contributed by atoms with Gasteiger partial charge in [0.25, 0.3) is 0 Å². The highest BCUT2D eigenvalue weighted by molar-refractivity contribution is 5.86.